The van der Waals surface area contributed by atoms with Gasteiger partial charge in [-0.15, -0.1) is 6.58 Å². The Morgan fingerprint density at radius 2 is 2.15 bits per heavy atom. The monoisotopic (exact) mass is 179 g/mol. The second kappa shape index (κ2) is 3.96. The van der Waals surface area contributed by atoms with Crippen LogP contribution >= 0.6 is 0 Å². The van der Waals surface area contributed by atoms with E-state index < -0.39 is 0 Å². The fraction of sp³-hybridized carbons (Fsp3) is 0.200. The van der Waals surface area contributed by atoms with E-state index in [1.807, 2.05) is 0 Å². The lowest BCUT2D eigenvalue weighted by molar-refractivity contribution is 0.442. The van der Waals surface area contributed by atoms with Gasteiger partial charge in [0, 0.05) is 17.7 Å². The first-order valence-corrected chi connectivity index (χ1v) is 4.03. The maximum Gasteiger partial charge on any atom is 0.124 e. The average molecular weight is 179 g/mol. The van der Waals surface area contributed by atoms with Crippen LogP contribution in [0.25, 0.3) is 0 Å². The molecule has 0 aliphatic rings. The van der Waals surface area contributed by atoms with Crippen molar-refractivity contribution in [3.8, 4) is 11.5 Å². The lowest BCUT2D eigenvalue weighted by Gasteiger charge is -2.11. The molecule has 0 radical (unpaired) electrons. The highest BCUT2D eigenvalue weighted by Gasteiger charge is 2.09. The standard InChI is InChI=1S/C10H13NO2/c1-2-3-9(11)8-5-4-7(12)6-10(8)13/h2,4-6,9,12-13H,1,3,11H2/t9-/m0/s1. The first kappa shape index (κ1) is 9.61. The first-order valence-electron chi connectivity index (χ1n) is 4.03. The van der Waals surface area contributed by atoms with E-state index >= 15 is 0 Å². The van der Waals surface area contributed by atoms with Crippen LogP contribution in [-0.2, 0) is 0 Å². The summed E-state index contributed by atoms with van der Waals surface area (Å²) < 4.78 is 0. The summed E-state index contributed by atoms with van der Waals surface area (Å²) in [5.74, 6) is 0.0569. The van der Waals surface area contributed by atoms with Crippen molar-refractivity contribution in [3.05, 3.63) is 36.4 Å². The molecule has 4 N–H and O–H groups in total. The molecule has 3 heteroatoms. The van der Waals surface area contributed by atoms with Gasteiger partial charge in [0.15, 0.2) is 0 Å². The van der Waals surface area contributed by atoms with E-state index in [2.05, 4.69) is 6.58 Å². The number of hydrogen-bond acceptors (Lipinski definition) is 3. The van der Waals surface area contributed by atoms with E-state index in [-0.39, 0.29) is 17.5 Å². The average Bonchev–Trinajstić information content (AvgIpc) is 2.04. The highest BCUT2D eigenvalue weighted by atomic mass is 16.3. The summed E-state index contributed by atoms with van der Waals surface area (Å²) in [7, 11) is 0. The van der Waals surface area contributed by atoms with Gasteiger partial charge >= 0.3 is 0 Å². The molecule has 3 nitrogen and oxygen atoms in total. The van der Waals surface area contributed by atoms with Crippen LogP contribution in [-0.4, -0.2) is 10.2 Å². The van der Waals surface area contributed by atoms with Gasteiger partial charge in [0.25, 0.3) is 0 Å². The van der Waals surface area contributed by atoms with E-state index in [0.29, 0.717) is 12.0 Å². The number of aromatic hydroxyl groups is 2. The minimum atomic E-state index is -0.266. The highest BCUT2D eigenvalue weighted by molar-refractivity contribution is 5.40. The molecular weight excluding hydrogens is 166 g/mol. The second-order valence-corrected chi connectivity index (χ2v) is 2.87. The number of benzene rings is 1. The molecule has 0 aliphatic carbocycles. The minimum Gasteiger partial charge on any atom is -0.508 e. The van der Waals surface area contributed by atoms with Crippen molar-refractivity contribution in [1.82, 2.24) is 0 Å². The number of hydrogen-bond donors (Lipinski definition) is 3. The zero-order valence-corrected chi connectivity index (χ0v) is 7.27. The molecule has 13 heavy (non-hydrogen) atoms. The molecule has 0 spiro atoms. The normalized spacial score (nSPS) is 12.4. The SMILES string of the molecule is C=CC[C@H](N)c1ccc(O)cc1O. The predicted octanol–water partition coefficient (Wildman–Crippen LogP) is 1.67. The topological polar surface area (TPSA) is 66.5 Å². The summed E-state index contributed by atoms with van der Waals surface area (Å²) in [4.78, 5) is 0. The summed E-state index contributed by atoms with van der Waals surface area (Å²) in [6.07, 6.45) is 2.29. The Morgan fingerprint density at radius 3 is 2.69 bits per heavy atom. The van der Waals surface area contributed by atoms with Crippen LogP contribution < -0.4 is 5.73 Å². The van der Waals surface area contributed by atoms with Gasteiger partial charge in [-0.2, -0.15) is 0 Å². The van der Waals surface area contributed by atoms with Crippen LogP contribution in [0.1, 0.15) is 18.0 Å². The quantitative estimate of drug-likeness (QED) is 0.618. The summed E-state index contributed by atoms with van der Waals surface area (Å²) in [5, 5.41) is 18.4. The molecule has 0 unspecified atom stereocenters. The van der Waals surface area contributed by atoms with Crippen molar-refractivity contribution in [1.29, 1.82) is 0 Å². The molecule has 1 aromatic rings. The van der Waals surface area contributed by atoms with Crippen molar-refractivity contribution in [2.75, 3.05) is 0 Å². The molecule has 1 aromatic carbocycles. The smallest absolute Gasteiger partial charge is 0.124 e. The molecule has 1 rings (SSSR count). The fourth-order valence-electron chi connectivity index (χ4n) is 1.15. The summed E-state index contributed by atoms with van der Waals surface area (Å²) in [6, 6.07) is 4.12. The number of nitrogens with two attached hydrogens (primary N) is 1. The third kappa shape index (κ3) is 2.23. The Balaban J connectivity index is 2.94. The van der Waals surface area contributed by atoms with Crippen molar-refractivity contribution in [2.45, 2.75) is 12.5 Å². The van der Waals surface area contributed by atoms with E-state index in [4.69, 9.17) is 10.8 Å². The maximum atomic E-state index is 9.41. The number of phenolic OH excluding ortho intramolecular Hbond substituents is 2. The van der Waals surface area contributed by atoms with Gasteiger partial charge in [0.2, 0.25) is 0 Å². The number of rotatable bonds is 3. The van der Waals surface area contributed by atoms with E-state index in [1.165, 1.54) is 12.1 Å². The van der Waals surface area contributed by atoms with Crippen LogP contribution in [0.3, 0.4) is 0 Å². The fourth-order valence-corrected chi connectivity index (χ4v) is 1.15. The van der Waals surface area contributed by atoms with Crippen molar-refractivity contribution in [2.24, 2.45) is 5.73 Å². The van der Waals surface area contributed by atoms with Gasteiger partial charge in [-0.1, -0.05) is 12.1 Å². The third-order valence-electron chi connectivity index (χ3n) is 1.83. The van der Waals surface area contributed by atoms with Gasteiger partial charge in [0.1, 0.15) is 11.5 Å². The molecule has 70 valence electrons. The van der Waals surface area contributed by atoms with Gasteiger partial charge in [-0.05, 0) is 12.5 Å². The predicted molar refractivity (Wildman–Crippen MR) is 51.5 cm³/mol. The van der Waals surface area contributed by atoms with Gasteiger partial charge in [0.05, 0.1) is 0 Å². The van der Waals surface area contributed by atoms with Gasteiger partial charge < -0.3 is 15.9 Å². The Kier molecular flexibility index (Phi) is 2.93. The Hall–Kier alpha value is -1.48. The van der Waals surface area contributed by atoms with E-state index in [9.17, 15) is 5.11 Å². The molecule has 1 atom stereocenters. The Bertz CT molecular complexity index is 310. The Labute approximate surface area is 77.1 Å². The second-order valence-electron chi connectivity index (χ2n) is 2.87. The largest absolute Gasteiger partial charge is 0.508 e. The van der Waals surface area contributed by atoms with Crippen molar-refractivity contribution in [3.63, 3.8) is 0 Å². The molecule has 0 bridgehead atoms. The lowest BCUT2D eigenvalue weighted by Crippen LogP contribution is -2.08. The molecule has 0 amide bonds. The van der Waals surface area contributed by atoms with Crippen molar-refractivity contribution >= 4 is 0 Å². The van der Waals surface area contributed by atoms with Crippen LogP contribution in [0.4, 0.5) is 0 Å². The van der Waals surface area contributed by atoms with Crippen molar-refractivity contribution < 1.29 is 10.2 Å². The lowest BCUT2D eigenvalue weighted by atomic mass is 10.0. The van der Waals surface area contributed by atoms with E-state index in [1.54, 1.807) is 12.1 Å². The molecule has 0 aliphatic heterocycles. The Morgan fingerprint density at radius 1 is 1.46 bits per heavy atom. The van der Waals surface area contributed by atoms with Crippen LogP contribution in [0.2, 0.25) is 0 Å². The molecule has 0 aromatic heterocycles. The summed E-state index contributed by atoms with van der Waals surface area (Å²) >= 11 is 0. The van der Waals surface area contributed by atoms with Crippen LogP contribution in [0.5, 0.6) is 11.5 Å². The van der Waals surface area contributed by atoms with Gasteiger partial charge in [-0.25, -0.2) is 0 Å². The van der Waals surface area contributed by atoms with Crippen LogP contribution in [0.15, 0.2) is 30.9 Å². The van der Waals surface area contributed by atoms with Gasteiger partial charge in [-0.3, -0.25) is 0 Å². The first-order chi connectivity index (χ1) is 6.15. The third-order valence-corrected chi connectivity index (χ3v) is 1.83. The summed E-state index contributed by atoms with van der Waals surface area (Å²) in [6.45, 7) is 3.56. The van der Waals surface area contributed by atoms with E-state index in [0.717, 1.165) is 0 Å². The minimum absolute atomic E-state index is 0.0225. The molecule has 0 heterocycles. The molecule has 0 saturated carbocycles. The highest BCUT2D eigenvalue weighted by Crippen LogP contribution is 2.28. The molecular formula is C10H13NO2. The zero-order chi connectivity index (χ0) is 9.84. The maximum absolute atomic E-state index is 9.41. The summed E-state index contributed by atoms with van der Waals surface area (Å²) in [5.41, 5.74) is 6.37. The molecule has 0 saturated heterocycles. The zero-order valence-electron chi connectivity index (χ0n) is 7.27. The van der Waals surface area contributed by atoms with Crippen LogP contribution in [0, 0.1) is 0 Å². The molecule has 0 fully saturated rings. The number of phenols is 2.